The molecule has 0 aromatic heterocycles. The summed E-state index contributed by atoms with van der Waals surface area (Å²) >= 11 is 0. The second kappa shape index (κ2) is 31.4. The summed E-state index contributed by atoms with van der Waals surface area (Å²) < 4.78 is 0. The highest BCUT2D eigenvalue weighted by Crippen LogP contribution is 2.15. The summed E-state index contributed by atoms with van der Waals surface area (Å²) in [5.41, 5.74) is 0. The summed E-state index contributed by atoms with van der Waals surface area (Å²) in [5.74, 6) is -1.69. The number of carbonyl (C=O) groups is 8. The Hall–Kier alpha value is -2.84. The summed E-state index contributed by atoms with van der Waals surface area (Å²) in [4.78, 5) is 95.9. The second-order valence-electron chi connectivity index (χ2n) is 15.0. The molecule has 0 saturated carbocycles. The van der Waals surface area contributed by atoms with Crippen LogP contribution in [0.3, 0.4) is 0 Å². The first-order valence-electron chi connectivity index (χ1n) is 20.0. The van der Waals surface area contributed by atoms with E-state index in [0.717, 1.165) is 19.3 Å². The Morgan fingerprint density at radius 3 is 0.963 bits per heavy atom. The molecule has 0 spiro atoms. The number of hydrogen-bond donors (Lipinski definition) is 5. The smallest absolute Gasteiger partial charge is 0.135 e. The van der Waals surface area contributed by atoms with Crippen LogP contribution in [0.25, 0.3) is 0 Å². The van der Waals surface area contributed by atoms with Gasteiger partial charge in [-0.15, -0.1) is 0 Å². The molecule has 310 valence electrons. The van der Waals surface area contributed by atoms with Crippen LogP contribution in [0.15, 0.2) is 0 Å². The van der Waals surface area contributed by atoms with Gasteiger partial charge in [-0.1, -0.05) is 32.6 Å². The van der Waals surface area contributed by atoms with Crippen molar-refractivity contribution in [2.24, 2.45) is 0 Å². The normalized spacial score (nSPS) is 14.1. The molecule has 0 heterocycles. The Labute approximate surface area is 321 Å². The van der Waals surface area contributed by atoms with Crippen LogP contribution in [-0.4, -0.2) is 102 Å². The third kappa shape index (κ3) is 31.5. The van der Waals surface area contributed by atoms with Crippen molar-refractivity contribution in [3.05, 3.63) is 0 Å². The molecule has 54 heavy (non-hydrogen) atoms. The third-order valence-electron chi connectivity index (χ3n) is 9.15. The highest BCUT2D eigenvalue weighted by Gasteiger charge is 2.20. The largest absolute Gasteiger partial charge is 0.393 e. The number of aliphatic hydroxyl groups excluding tert-OH is 5. The Balaban J connectivity index is 4.01. The minimum atomic E-state index is -1.14. The lowest BCUT2D eigenvalue weighted by Crippen LogP contribution is -2.21. The second-order valence-corrected chi connectivity index (χ2v) is 15.0. The summed E-state index contributed by atoms with van der Waals surface area (Å²) in [7, 11) is 0. The van der Waals surface area contributed by atoms with Crippen molar-refractivity contribution in [3.63, 3.8) is 0 Å². The van der Waals surface area contributed by atoms with Gasteiger partial charge >= 0.3 is 0 Å². The van der Waals surface area contributed by atoms with E-state index < -0.39 is 30.5 Å². The highest BCUT2D eigenvalue weighted by molar-refractivity contribution is 5.85. The monoisotopic (exact) mass is 768 g/mol. The van der Waals surface area contributed by atoms with E-state index in [0.29, 0.717) is 38.5 Å². The summed E-state index contributed by atoms with van der Waals surface area (Å²) in [6.07, 6.45) is 1.04. The maximum atomic E-state index is 12.2. The summed E-state index contributed by atoms with van der Waals surface area (Å²) in [6, 6.07) is 0. The maximum absolute atomic E-state index is 12.2. The predicted octanol–water partition coefficient (Wildman–Crippen LogP) is 4.53. The first-order valence-corrected chi connectivity index (χ1v) is 20.0. The molecule has 5 N–H and O–H groups in total. The van der Waals surface area contributed by atoms with Crippen molar-refractivity contribution in [3.8, 4) is 0 Å². The van der Waals surface area contributed by atoms with Gasteiger partial charge in [0.05, 0.1) is 30.5 Å². The van der Waals surface area contributed by atoms with Crippen LogP contribution in [-0.2, 0) is 38.4 Å². The van der Waals surface area contributed by atoms with Crippen LogP contribution in [0.5, 0.6) is 0 Å². The van der Waals surface area contributed by atoms with E-state index in [9.17, 15) is 63.9 Å². The molecule has 13 nitrogen and oxygen atoms in total. The van der Waals surface area contributed by atoms with E-state index >= 15 is 0 Å². The Morgan fingerprint density at radius 2 is 0.648 bits per heavy atom. The van der Waals surface area contributed by atoms with Gasteiger partial charge < -0.3 is 30.3 Å². The number of aliphatic hydroxyl groups is 5. The standard InChI is InChI=1S/C41H68O13/c1-3-4-6-13-30(43)21-38(51)25-34(47)17-10-18-35(48)26-39(52)22-31(44)14-7-5-8-15-32(45)23-40(53)27-36(49)19-11-20-37(50)28-41(54)24-33(46)16-9-12-29(2)42/h30,38-41,43,51-54H,3-28H2,1-2H3. The molecule has 13 heteroatoms. The molecule has 0 fully saturated rings. The zero-order valence-electron chi connectivity index (χ0n) is 32.8. The van der Waals surface area contributed by atoms with Crippen molar-refractivity contribution >= 4 is 46.3 Å². The SMILES string of the molecule is CCCCCC(O)CC(O)CC(=O)CCCC(=O)CC(O)CC(=O)CCCCCC(=O)CC(O)CC(=O)CCCC(=O)CC(O)CC(=O)CCCC(C)=O. The number of rotatable bonds is 38. The average molecular weight is 769 g/mol. The van der Waals surface area contributed by atoms with Crippen LogP contribution in [0.2, 0.25) is 0 Å². The van der Waals surface area contributed by atoms with Gasteiger partial charge in [0.25, 0.3) is 0 Å². The average Bonchev–Trinajstić information content (AvgIpc) is 3.03. The van der Waals surface area contributed by atoms with E-state index in [2.05, 4.69) is 6.92 Å². The predicted molar refractivity (Wildman–Crippen MR) is 201 cm³/mol. The molecule has 0 aromatic carbocycles. The van der Waals surface area contributed by atoms with Gasteiger partial charge in [-0.05, 0) is 51.9 Å². The first-order chi connectivity index (χ1) is 25.5. The Bertz CT molecular complexity index is 1160. The van der Waals surface area contributed by atoms with E-state index in [1.54, 1.807) is 0 Å². The molecule has 0 aliphatic carbocycles. The molecule has 0 aliphatic rings. The topological polar surface area (TPSA) is 238 Å². The van der Waals surface area contributed by atoms with Gasteiger partial charge in [-0.3, -0.25) is 33.6 Å². The van der Waals surface area contributed by atoms with E-state index in [1.165, 1.54) is 6.92 Å². The van der Waals surface area contributed by atoms with Crippen LogP contribution in [0, 0.1) is 0 Å². The van der Waals surface area contributed by atoms with Crippen LogP contribution in [0.4, 0.5) is 0 Å². The van der Waals surface area contributed by atoms with Crippen LogP contribution < -0.4 is 0 Å². The fourth-order valence-electron chi connectivity index (χ4n) is 6.24. The molecule has 0 rings (SSSR count). The summed E-state index contributed by atoms with van der Waals surface area (Å²) in [6.45, 7) is 3.49. The molecule has 5 atom stereocenters. The number of hydrogen-bond acceptors (Lipinski definition) is 13. The lowest BCUT2D eigenvalue weighted by atomic mass is 9.98. The molecule has 0 amide bonds. The van der Waals surface area contributed by atoms with Gasteiger partial charge in [0.1, 0.15) is 46.3 Å². The quantitative estimate of drug-likeness (QED) is 0.0544. The number of unbranched alkanes of at least 4 members (excludes halogenated alkanes) is 4. The number of carbonyl (C=O) groups excluding carboxylic acids is 8. The van der Waals surface area contributed by atoms with Crippen LogP contribution >= 0.6 is 0 Å². The first kappa shape index (κ1) is 51.2. The minimum Gasteiger partial charge on any atom is -0.393 e. The zero-order valence-corrected chi connectivity index (χ0v) is 32.8. The van der Waals surface area contributed by atoms with Crippen molar-refractivity contribution in [1.29, 1.82) is 0 Å². The van der Waals surface area contributed by atoms with E-state index in [4.69, 9.17) is 0 Å². The zero-order chi connectivity index (χ0) is 40.9. The lowest BCUT2D eigenvalue weighted by Gasteiger charge is -2.15. The van der Waals surface area contributed by atoms with Gasteiger partial charge in [-0.2, -0.15) is 0 Å². The fourth-order valence-corrected chi connectivity index (χ4v) is 6.24. The maximum Gasteiger partial charge on any atom is 0.135 e. The number of Topliss-reactive ketones (excluding diaryl/α,β-unsaturated/α-hetero) is 8. The molecular formula is C41H68O13. The molecule has 0 bridgehead atoms. The third-order valence-corrected chi connectivity index (χ3v) is 9.15. The molecule has 0 radical (unpaired) electrons. The highest BCUT2D eigenvalue weighted by atomic mass is 16.3. The van der Waals surface area contributed by atoms with E-state index in [1.807, 2.05) is 0 Å². The van der Waals surface area contributed by atoms with Crippen molar-refractivity contribution in [1.82, 2.24) is 0 Å². The molecule has 5 unspecified atom stereocenters. The van der Waals surface area contributed by atoms with E-state index in [-0.39, 0.29) is 155 Å². The Morgan fingerprint density at radius 1 is 0.352 bits per heavy atom. The summed E-state index contributed by atoms with van der Waals surface area (Å²) in [5, 5.41) is 50.3. The molecule has 0 saturated heterocycles. The lowest BCUT2D eigenvalue weighted by molar-refractivity contribution is -0.126. The Kier molecular flexibility index (Phi) is 29.7. The molecule has 0 aliphatic heterocycles. The van der Waals surface area contributed by atoms with Crippen molar-refractivity contribution in [2.45, 2.75) is 211 Å². The van der Waals surface area contributed by atoms with Crippen LogP contribution in [0.1, 0.15) is 181 Å². The van der Waals surface area contributed by atoms with Crippen molar-refractivity contribution in [2.75, 3.05) is 0 Å². The van der Waals surface area contributed by atoms with Crippen molar-refractivity contribution < 1.29 is 63.9 Å². The van der Waals surface area contributed by atoms with Gasteiger partial charge in [0.15, 0.2) is 0 Å². The van der Waals surface area contributed by atoms with Gasteiger partial charge in [-0.25, -0.2) is 0 Å². The number of ketones is 8. The van der Waals surface area contributed by atoms with Gasteiger partial charge in [0, 0.05) is 96.3 Å². The fraction of sp³-hybridized carbons (Fsp3) is 0.805. The molecular weight excluding hydrogens is 700 g/mol. The minimum absolute atomic E-state index is 0.0178. The molecule has 0 aromatic rings. The van der Waals surface area contributed by atoms with Gasteiger partial charge in [0.2, 0.25) is 0 Å².